The van der Waals surface area contributed by atoms with Crippen molar-refractivity contribution in [3.63, 3.8) is 0 Å². The van der Waals surface area contributed by atoms with Gasteiger partial charge in [0.25, 0.3) is 0 Å². The van der Waals surface area contributed by atoms with E-state index in [2.05, 4.69) is 47.8 Å². The zero-order chi connectivity index (χ0) is 15.6. The number of hydrogen-bond donors (Lipinski definition) is 1. The van der Waals surface area contributed by atoms with Crippen LogP contribution in [0.4, 0.5) is 4.39 Å². The molecule has 21 heavy (non-hydrogen) atoms. The molecule has 0 aliphatic rings. The summed E-state index contributed by atoms with van der Waals surface area (Å²) in [6.07, 6.45) is 0. The molecule has 2 aromatic carbocycles. The lowest BCUT2D eigenvalue weighted by atomic mass is 10.1. The highest BCUT2D eigenvalue weighted by Crippen LogP contribution is 2.37. The molecular weight excluding hydrogens is 489 g/mol. The van der Waals surface area contributed by atoms with Gasteiger partial charge in [-0.3, -0.25) is 0 Å². The van der Waals surface area contributed by atoms with Crippen molar-refractivity contribution in [2.24, 2.45) is 5.73 Å². The van der Waals surface area contributed by atoms with Gasteiger partial charge in [-0.15, -0.1) is 0 Å². The lowest BCUT2D eigenvalue weighted by Crippen LogP contribution is -2.13. The van der Waals surface area contributed by atoms with E-state index in [0.717, 1.165) is 13.4 Å². The van der Waals surface area contributed by atoms with Crippen LogP contribution in [0.1, 0.15) is 11.1 Å². The maximum Gasteiger partial charge on any atom is 0.148 e. The lowest BCUT2D eigenvalue weighted by Gasteiger charge is -2.12. The van der Waals surface area contributed by atoms with Gasteiger partial charge in [0.05, 0.1) is 8.95 Å². The molecule has 0 aliphatic heterocycles. The van der Waals surface area contributed by atoms with Gasteiger partial charge in [-0.2, -0.15) is 0 Å². The van der Waals surface area contributed by atoms with Gasteiger partial charge in [0, 0.05) is 15.6 Å². The van der Waals surface area contributed by atoms with Crippen molar-refractivity contribution in [2.45, 2.75) is 6.61 Å². The van der Waals surface area contributed by atoms with Crippen molar-refractivity contribution in [2.75, 3.05) is 0 Å². The molecule has 0 saturated heterocycles. The van der Waals surface area contributed by atoms with Gasteiger partial charge in [-0.25, -0.2) is 4.39 Å². The first-order chi connectivity index (χ1) is 9.90. The van der Waals surface area contributed by atoms with E-state index in [0.29, 0.717) is 11.3 Å². The van der Waals surface area contributed by atoms with E-state index < -0.39 is 5.82 Å². The van der Waals surface area contributed by atoms with Crippen LogP contribution in [0.2, 0.25) is 0 Å². The number of thiocarbonyl (C=S) groups is 1. The predicted octanol–water partition coefficient (Wildman–Crippen LogP) is 5.33. The van der Waals surface area contributed by atoms with Crippen LogP contribution in [-0.2, 0) is 6.61 Å². The summed E-state index contributed by atoms with van der Waals surface area (Å²) in [5.74, 6) is 0.146. The molecule has 0 heterocycles. The van der Waals surface area contributed by atoms with Gasteiger partial charge in [-0.05, 0) is 50.1 Å². The second-order valence-electron chi connectivity index (χ2n) is 4.13. The molecule has 0 unspecified atom stereocenters. The number of benzene rings is 2. The van der Waals surface area contributed by atoms with E-state index in [1.807, 2.05) is 12.1 Å². The Labute approximate surface area is 152 Å². The van der Waals surface area contributed by atoms with Crippen LogP contribution in [0.25, 0.3) is 0 Å². The van der Waals surface area contributed by atoms with E-state index >= 15 is 0 Å². The number of hydrogen-bond acceptors (Lipinski definition) is 2. The van der Waals surface area contributed by atoms with Crippen molar-refractivity contribution in [1.29, 1.82) is 0 Å². The molecule has 110 valence electrons. The fourth-order valence-corrected chi connectivity index (χ4v) is 4.34. The first-order valence-corrected chi connectivity index (χ1v) is 8.53. The Bertz CT molecular complexity index is 686. The summed E-state index contributed by atoms with van der Waals surface area (Å²) >= 11 is 15.0. The molecule has 0 aliphatic carbocycles. The summed E-state index contributed by atoms with van der Waals surface area (Å²) < 4.78 is 22.3. The van der Waals surface area contributed by atoms with Gasteiger partial charge in [0.15, 0.2) is 0 Å². The monoisotopic (exact) mass is 495 g/mol. The van der Waals surface area contributed by atoms with E-state index in [1.54, 1.807) is 18.2 Å². The lowest BCUT2D eigenvalue weighted by molar-refractivity contribution is 0.296. The van der Waals surface area contributed by atoms with E-state index in [1.165, 1.54) is 0 Å². The minimum absolute atomic E-state index is 0.0281. The van der Waals surface area contributed by atoms with Crippen LogP contribution in [0.15, 0.2) is 43.7 Å². The molecule has 2 rings (SSSR count). The molecule has 0 amide bonds. The standard InChI is InChI=1S/C14H9Br3FNOS/c15-8-4-10(16)13(11(17)5-8)20-6-7-2-1-3-9(12(7)18)14(19)21/h1-5H,6H2,(H2,19,21). The Balaban J connectivity index is 2.25. The average Bonchev–Trinajstić information content (AvgIpc) is 2.38. The van der Waals surface area contributed by atoms with Crippen LogP contribution < -0.4 is 10.5 Å². The molecule has 0 radical (unpaired) electrons. The summed E-state index contributed by atoms with van der Waals surface area (Å²) in [6.45, 7) is 0.0706. The summed E-state index contributed by atoms with van der Waals surface area (Å²) in [5, 5.41) is 0. The van der Waals surface area contributed by atoms with Crippen LogP contribution in [0, 0.1) is 5.82 Å². The molecule has 0 atom stereocenters. The van der Waals surface area contributed by atoms with Gasteiger partial charge < -0.3 is 10.5 Å². The summed E-state index contributed by atoms with van der Waals surface area (Å²) in [7, 11) is 0. The maximum absolute atomic E-state index is 14.2. The largest absolute Gasteiger partial charge is 0.486 e. The van der Waals surface area contributed by atoms with Crippen molar-refractivity contribution in [3.8, 4) is 5.75 Å². The van der Waals surface area contributed by atoms with Gasteiger partial charge in [0.2, 0.25) is 0 Å². The Morgan fingerprint density at radius 2 is 1.81 bits per heavy atom. The fourth-order valence-electron chi connectivity index (χ4n) is 1.70. The third-order valence-corrected chi connectivity index (χ3v) is 4.54. The Morgan fingerprint density at radius 3 is 2.38 bits per heavy atom. The number of rotatable bonds is 4. The first kappa shape index (κ1) is 16.9. The number of ether oxygens (including phenoxy) is 1. The normalized spacial score (nSPS) is 10.5. The SMILES string of the molecule is NC(=S)c1cccc(COc2c(Br)cc(Br)cc2Br)c1F. The zero-order valence-corrected chi connectivity index (χ0v) is 16.1. The first-order valence-electron chi connectivity index (χ1n) is 5.74. The summed E-state index contributed by atoms with van der Waals surface area (Å²) in [5.41, 5.74) is 6.10. The van der Waals surface area contributed by atoms with Gasteiger partial charge >= 0.3 is 0 Å². The molecule has 0 saturated carbocycles. The quantitative estimate of drug-likeness (QED) is 0.580. The van der Waals surface area contributed by atoms with Crippen molar-refractivity contribution in [3.05, 3.63) is 60.7 Å². The molecule has 2 aromatic rings. The maximum atomic E-state index is 14.2. The molecule has 2 N–H and O–H groups in total. The second kappa shape index (κ2) is 7.17. The smallest absolute Gasteiger partial charge is 0.148 e. The topological polar surface area (TPSA) is 35.2 Å². The average molecular weight is 498 g/mol. The zero-order valence-electron chi connectivity index (χ0n) is 10.5. The minimum atomic E-state index is -0.450. The molecule has 0 fully saturated rings. The van der Waals surface area contributed by atoms with E-state index in [9.17, 15) is 4.39 Å². The fraction of sp³-hybridized carbons (Fsp3) is 0.0714. The van der Waals surface area contributed by atoms with Crippen LogP contribution in [0.5, 0.6) is 5.75 Å². The van der Waals surface area contributed by atoms with E-state index in [4.69, 9.17) is 22.7 Å². The molecule has 0 spiro atoms. The summed E-state index contributed by atoms with van der Waals surface area (Å²) in [6, 6.07) is 8.58. The van der Waals surface area contributed by atoms with Gasteiger partial charge in [0.1, 0.15) is 23.2 Å². The molecule has 0 aromatic heterocycles. The highest BCUT2D eigenvalue weighted by atomic mass is 79.9. The summed E-state index contributed by atoms with van der Waals surface area (Å²) in [4.78, 5) is 0.0281. The van der Waals surface area contributed by atoms with Crippen LogP contribution >= 0.6 is 60.0 Å². The van der Waals surface area contributed by atoms with E-state index in [-0.39, 0.29) is 17.2 Å². The van der Waals surface area contributed by atoms with Crippen LogP contribution in [0.3, 0.4) is 0 Å². The highest BCUT2D eigenvalue weighted by molar-refractivity contribution is 9.11. The Kier molecular flexibility index (Phi) is 5.76. The Morgan fingerprint density at radius 1 is 1.19 bits per heavy atom. The third kappa shape index (κ3) is 4.03. The van der Waals surface area contributed by atoms with Crippen molar-refractivity contribution in [1.82, 2.24) is 0 Å². The van der Waals surface area contributed by atoms with Crippen LogP contribution in [-0.4, -0.2) is 4.99 Å². The number of halogens is 4. The second-order valence-corrected chi connectivity index (χ2v) is 7.19. The number of nitrogens with two attached hydrogens (primary N) is 1. The molecule has 0 bridgehead atoms. The molecule has 7 heteroatoms. The molecule has 2 nitrogen and oxygen atoms in total. The van der Waals surface area contributed by atoms with Crippen molar-refractivity contribution < 1.29 is 9.13 Å². The predicted molar refractivity (Wildman–Crippen MR) is 96.2 cm³/mol. The minimum Gasteiger partial charge on any atom is -0.486 e. The highest BCUT2D eigenvalue weighted by Gasteiger charge is 2.13. The third-order valence-electron chi connectivity index (χ3n) is 2.68. The van der Waals surface area contributed by atoms with Gasteiger partial charge in [-0.1, -0.05) is 40.3 Å². The Hall–Kier alpha value is -0.500. The van der Waals surface area contributed by atoms with Crippen molar-refractivity contribution >= 4 is 65.0 Å². The molecular formula is C14H9Br3FNOS.